The van der Waals surface area contributed by atoms with Crippen LogP contribution in [0.5, 0.6) is 0 Å². The average molecular weight is 205 g/mol. The maximum absolute atomic E-state index is 11.7. The molecule has 0 aliphatic carbocycles. The Morgan fingerprint density at radius 1 is 1.60 bits per heavy atom. The maximum atomic E-state index is 11.7. The van der Waals surface area contributed by atoms with Crippen molar-refractivity contribution in [1.29, 1.82) is 0 Å². The van der Waals surface area contributed by atoms with Crippen molar-refractivity contribution >= 4 is 5.65 Å². The molecule has 5 heteroatoms. The minimum absolute atomic E-state index is 0.00222. The molecule has 15 heavy (non-hydrogen) atoms. The fraction of sp³-hybridized carbons (Fsp3) is 0.400. The standard InChI is InChI=1S/C10H11N3O2/c14-10-6-7(8-2-1-5-15-8)12-9-3-4-11-13(9)10/h3-4,6,8,11H,1-2,5H2/t8-/m0/s1. The molecule has 1 aliphatic heterocycles. The van der Waals surface area contributed by atoms with Gasteiger partial charge in [-0.2, -0.15) is 0 Å². The third-order valence-corrected chi connectivity index (χ3v) is 2.66. The molecule has 0 spiro atoms. The van der Waals surface area contributed by atoms with Crippen LogP contribution in [-0.2, 0) is 4.74 Å². The molecule has 0 amide bonds. The molecule has 1 N–H and O–H groups in total. The van der Waals surface area contributed by atoms with E-state index >= 15 is 0 Å². The highest BCUT2D eigenvalue weighted by Crippen LogP contribution is 2.26. The number of H-pyrrole nitrogens is 1. The highest BCUT2D eigenvalue weighted by molar-refractivity contribution is 5.36. The van der Waals surface area contributed by atoms with E-state index in [9.17, 15) is 4.79 Å². The van der Waals surface area contributed by atoms with Crippen LogP contribution in [0.4, 0.5) is 0 Å². The molecule has 0 radical (unpaired) electrons. The van der Waals surface area contributed by atoms with Crippen LogP contribution in [0.1, 0.15) is 24.6 Å². The molecule has 1 fully saturated rings. The topological polar surface area (TPSA) is 59.4 Å². The van der Waals surface area contributed by atoms with E-state index in [1.807, 2.05) is 0 Å². The van der Waals surface area contributed by atoms with E-state index in [2.05, 4.69) is 10.1 Å². The van der Waals surface area contributed by atoms with Crippen molar-refractivity contribution < 1.29 is 4.74 Å². The summed E-state index contributed by atoms with van der Waals surface area (Å²) in [6.45, 7) is 0.763. The summed E-state index contributed by atoms with van der Waals surface area (Å²) in [6, 6.07) is 3.32. The Morgan fingerprint density at radius 2 is 2.53 bits per heavy atom. The number of rotatable bonds is 1. The second kappa shape index (κ2) is 3.20. The van der Waals surface area contributed by atoms with Crippen LogP contribution in [0, 0.1) is 0 Å². The molecule has 1 aliphatic rings. The van der Waals surface area contributed by atoms with Crippen LogP contribution in [0.25, 0.3) is 5.65 Å². The van der Waals surface area contributed by atoms with E-state index in [-0.39, 0.29) is 11.7 Å². The third kappa shape index (κ3) is 1.35. The van der Waals surface area contributed by atoms with Crippen molar-refractivity contribution in [1.82, 2.24) is 14.6 Å². The molecule has 0 bridgehead atoms. The number of hydrogen-bond acceptors (Lipinski definition) is 3. The van der Waals surface area contributed by atoms with Crippen LogP contribution in [0.15, 0.2) is 23.1 Å². The summed E-state index contributed by atoms with van der Waals surface area (Å²) >= 11 is 0. The normalized spacial score (nSPS) is 21.2. The van der Waals surface area contributed by atoms with Gasteiger partial charge in [0.25, 0.3) is 5.56 Å². The van der Waals surface area contributed by atoms with Crippen molar-refractivity contribution in [2.24, 2.45) is 0 Å². The third-order valence-electron chi connectivity index (χ3n) is 2.66. The number of aromatic amines is 1. The zero-order valence-corrected chi connectivity index (χ0v) is 8.14. The first-order valence-electron chi connectivity index (χ1n) is 5.03. The molecule has 2 aromatic rings. The van der Waals surface area contributed by atoms with Gasteiger partial charge in [-0.1, -0.05) is 0 Å². The SMILES string of the molecule is O=c1cc([C@@H]2CCCO2)nc2cc[nH]n12. The van der Waals surface area contributed by atoms with Gasteiger partial charge in [0.1, 0.15) is 0 Å². The lowest BCUT2D eigenvalue weighted by Gasteiger charge is -2.07. The van der Waals surface area contributed by atoms with Gasteiger partial charge in [-0.15, -0.1) is 0 Å². The van der Waals surface area contributed by atoms with Crippen LogP contribution < -0.4 is 5.56 Å². The molecular formula is C10H11N3O2. The molecule has 1 atom stereocenters. The summed E-state index contributed by atoms with van der Waals surface area (Å²) in [7, 11) is 0. The smallest absolute Gasteiger partial charge is 0.272 e. The number of fused-ring (bicyclic) bond motifs is 1. The van der Waals surface area contributed by atoms with Crippen LogP contribution >= 0.6 is 0 Å². The van der Waals surface area contributed by atoms with Crippen molar-refractivity contribution in [2.75, 3.05) is 6.61 Å². The lowest BCUT2D eigenvalue weighted by atomic mass is 10.2. The van der Waals surface area contributed by atoms with Gasteiger partial charge >= 0.3 is 0 Å². The Bertz CT molecular complexity index is 537. The molecule has 3 rings (SSSR count). The Kier molecular flexibility index (Phi) is 1.85. The number of nitrogens with one attached hydrogen (secondary N) is 1. The van der Waals surface area contributed by atoms with Gasteiger partial charge in [-0.05, 0) is 12.8 Å². The van der Waals surface area contributed by atoms with Gasteiger partial charge in [-0.3, -0.25) is 9.89 Å². The molecule has 78 valence electrons. The molecule has 3 heterocycles. The quantitative estimate of drug-likeness (QED) is 0.751. The minimum Gasteiger partial charge on any atom is -0.372 e. The number of hydrogen-bond donors (Lipinski definition) is 1. The zero-order valence-electron chi connectivity index (χ0n) is 8.14. The Labute approximate surface area is 85.7 Å². The first kappa shape index (κ1) is 8.67. The van der Waals surface area contributed by atoms with Gasteiger partial charge in [0.05, 0.1) is 11.8 Å². The minimum atomic E-state index is -0.0875. The largest absolute Gasteiger partial charge is 0.372 e. The fourth-order valence-electron chi connectivity index (χ4n) is 1.92. The van der Waals surface area contributed by atoms with Crippen molar-refractivity contribution in [2.45, 2.75) is 18.9 Å². The van der Waals surface area contributed by atoms with E-state index < -0.39 is 0 Å². The summed E-state index contributed by atoms with van der Waals surface area (Å²) in [5.74, 6) is 0. The Balaban J connectivity index is 2.15. The highest BCUT2D eigenvalue weighted by Gasteiger charge is 2.20. The predicted octanol–water partition coefficient (Wildman–Crippen LogP) is 0.874. The first-order valence-corrected chi connectivity index (χ1v) is 5.03. The molecule has 2 aromatic heterocycles. The molecule has 0 saturated carbocycles. The zero-order chi connectivity index (χ0) is 10.3. The van der Waals surface area contributed by atoms with E-state index in [0.29, 0.717) is 5.65 Å². The van der Waals surface area contributed by atoms with Crippen molar-refractivity contribution in [3.8, 4) is 0 Å². The lowest BCUT2D eigenvalue weighted by Crippen LogP contribution is -2.16. The second-order valence-corrected chi connectivity index (χ2v) is 3.68. The van der Waals surface area contributed by atoms with Gasteiger partial charge < -0.3 is 4.74 Å². The molecule has 1 saturated heterocycles. The maximum Gasteiger partial charge on any atom is 0.272 e. The predicted molar refractivity (Wildman–Crippen MR) is 53.7 cm³/mol. The van der Waals surface area contributed by atoms with Crippen LogP contribution in [0.3, 0.4) is 0 Å². The second-order valence-electron chi connectivity index (χ2n) is 3.68. The molecule has 5 nitrogen and oxygen atoms in total. The summed E-state index contributed by atoms with van der Waals surface area (Å²) in [5.41, 5.74) is 1.31. The van der Waals surface area contributed by atoms with Gasteiger partial charge in [-0.25, -0.2) is 9.50 Å². The molecule has 0 aromatic carbocycles. The summed E-state index contributed by atoms with van der Waals surface area (Å²) in [5, 5.41) is 2.81. The summed E-state index contributed by atoms with van der Waals surface area (Å²) < 4.78 is 6.91. The van der Waals surface area contributed by atoms with E-state index in [1.54, 1.807) is 18.3 Å². The first-order chi connectivity index (χ1) is 7.34. The molecular weight excluding hydrogens is 194 g/mol. The van der Waals surface area contributed by atoms with Crippen LogP contribution in [0.2, 0.25) is 0 Å². The van der Waals surface area contributed by atoms with E-state index in [0.717, 1.165) is 25.1 Å². The summed E-state index contributed by atoms with van der Waals surface area (Å²) in [6.07, 6.45) is 3.69. The van der Waals surface area contributed by atoms with E-state index in [4.69, 9.17) is 4.74 Å². The number of aromatic nitrogens is 3. The van der Waals surface area contributed by atoms with Crippen molar-refractivity contribution in [3.63, 3.8) is 0 Å². The lowest BCUT2D eigenvalue weighted by molar-refractivity contribution is 0.108. The average Bonchev–Trinajstić information content (AvgIpc) is 2.88. The van der Waals surface area contributed by atoms with E-state index in [1.165, 1.54) is 4.52 Å². The van der Waals surface area contributed by atoms with Gasteiger partial charge in [0.2, 0.25) is 0 Å². The Morgan fingerprint density at radius 3 is 3.33 bits per heavy atom. The van der Waals surface area contributed by atoms with Gasteiger partial charge in [0.15, 0.2) is 5.65 Å². The molecule has 0 unspecified atom stereocenters. The summed E-state index contributed by atoms with van der Waals surface area (Å²) in [4.78, 5) is 16.0. The number of ether oxygens (including phenoxy) is 1. The van der Waals surface area contributed by atoms with Crippen LogP contribution in [-0.4, -0.2) is 21.2 Å². The number of nitrogens with zero attached hydrogens (tertiary/aromatic N) is 2. The highest BCUT2D eigenvalue weighted by atomic mass is 16.5. The fourth-order valence-corrected chi connectivity index (χ4v) is 1.92. The van der Waals surface area contributed by atoms with Gasteiger partial charge in [0, 0.05) is 24.9 Å². The van der Waals surface area contributed by atoms with Crippen molar-refractivity contribution in [3.05, 3.63) is 34.4 Å². The monoisotopic (exact) mass is 205 g/mol. The Hall–Kier alpha value is -1.62.